The first-order valence-electron chi connectivity index (χ1n) is 6.44. The lowest BCUT2D eigenvalue weighted by Crippen LogP contribution is -2.08. The van der Waals surface area contributed by atoms with E-state index < -0.39 is 5.97 Å². The van der Waals surface area contributed by atoms with Crippen LogP contribution in [0.3, 0.4) is 0 Å². The summed E-state index contributed by atoms with van der Waals surface area (Å²) in [5.41, 5.74) is 2.68. The molecule has 0 amide bonds. The van der Waals surface area contributed by atoms with Gasteiger partial charge in [-0.05, 0) is 25.8 Å². The van der Waals surface area contributed by atoms with E-state index in [9.17, 15) is 14.7 Å². The minimum Gasteiger partial charge on any atom is -0.478 e. The maximum absolute atomic E-state index is 11.5. The van der Waals surface area contributed by atoms with Gasteiger partial charge in [-0.15, -0.1) is 0 Å². The number of aliphatic hydroxyl groups excluding tert-OH is 1. The number of aromatic carboxylic acids is 1. The van der Waals surface area contributed by atoms with Crippen molar-refractivity contribution in [2.45, 2.75) is 26.8 Å². The average molecular weight is 275 g/mol. The summed E-state index contributed by atoms with van der Waals surface area (Å²) in [5.74, 6) is -1.01. The third-order valence-electron chi connectivity index (χ3n) is 3.61. The topological polar surface area (TPSA) is 79.5 Å². The Morgan fingerprint density at radius 2 is 2.05 bits per heavy atom. The van der Waals surface area contributed by atoms with Crippen LogP contribution in [0.25, 0.3) is 10.9 Å². The Bertz CT molecular complexity index is 685. The fraction of sp³-hybridized carbons (Fsp3) is 0.333. The molecule has 0 atom stereocenters. The summed E-state index contributed by atoms with van der Waals surface area (Å²) >= 11 is 0. The number of aromatic nitrogens is 1. The molecule has 0 saturated carbocycles. The van der Waals surface area contributed by atoms with Crippen molar-refractivity contribution >= 4 is 23.2 Å². The van der Waals surface area contributed by atoms with Gasteiger partial charge in [0.25, 0.3) is 0 Å². The number of hydrogen-bond acceptors (Lipinski definition) is 3. The first-order valence-corrected chi connectivity index (χ1v) is 6.44. The Balaban J connectivity index is 2.87. The van der Waals surface area contributed by atoms with E-state index in [0.29, 0.717) is 35.0 Å². The summed E-state index contributed by atoms with van der Waals surface area (Å²) in [6, 6.07) is 3.50. The number of carboxylic acid groups (broad SMARTS) is 1. The van der Waals surface area contributed by atoms with Gasteiger partial charge in [0.2, 0.25) is 0 Å². The highest BCUT2D eigenvalue weighted by atomic mass is 16.4. The van der Waals surface area contributed by atoms with Crippen molar-refractivity contribution in [1.82, 2.24) is 4.57 Å². The van der Waals surface area contributed by atoms with Gasteiger partial charge in [0, 0.05) is 29.8 Å². The van der Waals surface area contributed by atoms with Crippen LogP contribution >= 0.6 is 0 Å². The van der Waals surface area contributed by atoms with Crippen LogP contribution in [0, 0.1) is 13.8 Å². The number of carbonyl (C=O) groups excluding carboxylic acids is 1. The van der Waals surface area contributed by atoms with E-state index in [4.69, 9.17) is 5.11 Å². The monoisotopic (exact) mass is 275 g/mol. The molecule has 0 fully saturated rings. The molecule has 1 heterocycles. The molecule has 0 unspecified atom stereocenters. The van der Waals surface area contributed by atoms with Crippen LogP contribution in [0.4, 0.5) is 0 Å². The van der Waals surface area contributed by atoms with Crippen LogP contribution in [0.2, 0.25) is 0 Å². The van der Waals surface area contributed by atoms with Gasteiger partial charge in [-0.2, -0.15) is 0 Å². The molecule has 106 valence electrons. The normalized spacial score (nSPS) is 10.9. The zero-order valence-corrected chi connectivity index (χ0v) is 11.5. The molecule has 2 N–H and O–H groups in total. The number of fused-ring (bicyclic) bond motifs is 1. The van der Waals surface area contributed by atoms with Gasteiger partial charge in [0.15, 0.2) is 6.29 Å². The van der Waals surface area contributed by atoms with Gasteiger partial charge in [-0.3, -0.25) is 4.79 Å². The lowest BCUT2D eigenvalue weighted by atomic mass is 10.0. The zero-order valence-electron chi connectivity index (χ0n) is 11.5. The highest BCUT2D eigenvalue weighted by molar-refractivity contribution is 6.09. The SMILES string of the molecule is Cc1ccc2c(C=O)c(C)n(CCCO)c2c1C(=O)O. The highest BCUT2D eigenvalue weighted by Gasteiger charge is 2.21. The quantitative estimate of drug-likeness (QED) is 0.819. The largest absolute Gasteiger partial charge is 0.478 e. The molecule has 2 aromatic rings. The Morgan fingerprint density at radius 3 is 2.60 bits per heavy atom. The summed E-state index contributed by atoms with van der Waals surface area (Å²) in [7, 11) is 0. The molecular weight excluding hydrogens is 258 g/mol. The minimum absolute atomic E-state index is 0.0176. The lowest BCUT2D eigenvalue weighted by molar-refractivity contribution is 0.0697. The fourth-order valence-corrected chi connectivity index (χ4v) is 2.62. The van der Waals surface area contributed by atoms with Crippen molar-refractivity contribution < 1.29 is 19.8 Å². The van der Waals surface area contributed by atoms with Crippen LogP contribution in [0.15, 0.2) is 12.1 Å². The summed E-state index contributed by atoms with van der Waals surface area (Å²) in [5, 5.41) is 19.1. The van der Waals surface area contributed by atoms with Crippen molar-refractivity contribution in [1.29, 1.82) is 0 Å². The predicted octanol–water partition coefficient (Wildman–Crippen LogP) is 2.15. The predicted molar refractivity (Wildman–Crippen MR) is 75.5 cm³/mol. The molecule has 0 radical (unpaired) electrons. The van der Waals surface area contributed by atoms with Crippen molar-refractivity contribution in [2.24, 2.45) is 0 Å². The Labute approximate surface area is 116 Å². The van der Waals surface area contributed by atoms with E-state index in [0.717, 1.165) is 12.0 Å². The molecule has 20 heavy (non-hydrogen) atoms. The molecule has 0 saturated heterocycles. The Morgan fingerprint density at radius 1 is 1.35 bits per heavy atom. The van der Waals surface area contributed by atoms with Crippen LogP contribution < -0.4 is 0 Å². The number of aryl methyl sites for hydroxylation is 2. The average Bonchev–Trinajstić information content (AvgIpc) is 2.67. The Kier molecular flexibility index (Phi) is 3.90. The Hall–Kier alpha value is -2.14. The number of aldehydes is 1. The van der Waals surface area contributed by atoms with E-state index in [1.54, 1.807) is 26.0 Å². The first-order chi connectivity index (χ1) is 9.52. The lowest BCUT2D eigenvalue weighted by Gasteiger charge is -2.10. The van der Waals surface area contributed by atoms with E-state index in [-0.39, 0.29) is 12.2 Å². The number of hydrogen-bond donors (Lipinski definition) is 2. The molecule has 5 nitrogen and oxygen atoms in total. The summed E-state index contributed by atoms with van der Waals surface area (Å²) in [4.78, 5) is 22.8. The number of nitrogens with zero attached hydrogens (tertiary/aromatic N) is 1. The molecule has 0 aliphatic rings. The maximum atomic E-state index is 11.5. The molecule has 1 aromatic heterocycles. The van der Waals surface area contributed by atoms with Gasteiger partial charge < -0.3 is 14.8 Å². The van der Waals surface area contributed by atoms with Gasteiger partial charge in [0.05, 0.1) is 11.1 Å². The molecule has 0 bridgehead atoms. The second kappa shape index (κ2) is 5.46. The van der Waals surface area contributed by atoms with Crippen molar-refractivity contribution in [3.63, 3.8) is 0 Å². The third kappa shape index (κ3) is 2.10. The standard InChI is InChI=1S/C15H17NO4/c1-9-4-5-11-12(8-18)10(2)16(6-3-7-17)14(11)13(9)15(19)20/h4-5,8,17H,3,6-7H2,1-2H3,(H,19,20). The molecule has 0 aliphatic heterocycles. The zero-order chi connectivity index (χ0) is 14.9. The number of benzene rings is 1. The fourth-order valence-electron chi connectivity index (χ4n) is 2.62. The van der Waals surface area contributed by atoms with E-state index >= 15 is 0 Å². The van der Waals surface area contributed by atoms with Gasteiger partial charge in [-0.1, -0.05) is 12.1 Å². The second-order valence-corrected chi connectivity index (χ2v) is 4.80. The molecule has 0 aliphatic carbocycles. The van der Waals surface area contributed by atoms with Crippen LogP contribution in [-0.4, -0.2) is 33.6 Å². The van der Waals surface area contributed by atoms with Crippen LogP contribution in [-0.2, 0) is 6.54 Å². The van der Waals surface area contributed by atoms with E-state index in [1.807, 2.05) is 4.57 Å². The molecule has 0 spiro atoms. The van der Waals surface area contributed by atoms with Gasteiger partial charge in [-0.25, -0.2) is 4.79 Å². The van der Waals surface area contributed by atoms with Crippen molar-refractivity contribution in [3.05, 3.63) is 34.5 Å². The molecule has 5 heteroatoms. The molecule has 2 rings (SSSR count). The smallest absolute Gasteiger partial charge is 0.338 e. The third-order valence-corrected chi connectivity index (χ3v) is 3.61. The number of carbonyl (C=O) groups is 2. The second-order valence-electron chi connectivity index (χ2n) is 4.80. The van der Waals surface area contributed by atoms with Crippen molar-refractivity contribution in [3.8, 4) is 0 Å². The number of aliphatic hydroxyl groups is 1. The maximum Gasteiger partial charge on any atom is 0.338 e. The van der Waals surface area contributed by atoms with Crippen LogP contribution in [0.1, 0.15) is 38.4 Å². The molecule has 1 aromatic carbocycles. The van der Waals surface area contributed by atoms with Crippen LogP contribution in [0.5, 0.6) is 0 Å². The van der Waals surface area contributed by atoms with E-state index in [1.165, 1.54) is 0 Å². The highest BCUT2D eigenvalue weighted by Crippen LogP contribution is 2.30. The number of rotatable bonds is 5. The first kappa shape index (κ1) is 14.3. The summed E-state index contributed by atoms with van der Waals surface area (Å²) in [6.07, 6.45) is 1.27. The van der Waals surface area contributed by atoms with Crippen molar-refractivity contribution in [2.75, 3.05) is 6.61 Å². The number of carboxylic acids is 1. The molecular formula is C15H17NO4. The van der Waals surface area contributed by atoms with Gasteiger partial charge >= 0.3 is 5.97 Å². The van der Waals surface area contributed by atoms with E-state index in [2.05, 4.69) is 0 Å². The minimum atomic E-state index is -1.01. The summed E-state index contributed by atoms with van der Waals surface area (Å²) in [6.45, 7) is 4.03. The summed E-state index contributed by atoms with van der Waals surface area (Å²) < 4.78 is 1.81. The van der Waals surface area contributed by atoms with Gasteiger partial charge in [0.1, 0.15) is 0 Å².